The maximum absolute atomic E-state index is 12.7. The van der Waals surface area contributed by atoms with Crippen LogP contribution >= 0.6 is 11.3 Å². The van der Waals surface area contributed by atoms with Crippen LogP contribution in [0, 0.1) is 0 Å². The van der Waals surface area contributed by atoms with Crippen molar-refractivity contribution < 1.29 is 22.9 Å². The normalized spacial score (nSPS) is 17.8. The summed E-state index contributed by atoms with van der Waals surface area (Å²) in [6, 6.07) is 8.49. The van der Waals surface area contributed by atoms with Gasteiger partial charge in [-0.15, -0.1) is 11.3 Å². The first-order chi connectivity index (χ1) is 12.4. The van der Waals surface area contributed by atoms with Gasteiger partial charge in [0, 0.05) is 18.4 Å². The van der Waals surface area contributed by atoms with Gasteiger partial charge in [-0.1, -0.05) is 6.07 Å². The van der Waals surface area contributed by atoms with E-state index in [9.17, 15) is 18.0 Å². The Labute approximate surface area is 154 Å². The standard InChI is InChI=1S/C19H21F3N2OS/c1-13(17(16-5-4-12-26-16)24-10-2-3-11-24)23-18(25)14-6-8-15(9-7-14)19(20,21)22/h4-9,12-13,17H,2-3,10-11H2,1H3,(H,23,25)/p+1/t13-,17-/m1/s1. The molecule has 1 aliphatic heterocycles. The number of likely N-dealkylation sites (tertiary alicyclic amines) is 1. The molecule has 2 N–H and O–H groups in total. The lowest BCUT2D eigenvalue weighted by Gasteiger charge is -2.29. The van der Waals surface area contributed by atoms with Gasteiger partial charge in [-0.2, -0.15) is 13.2 Å². The fourth-order valence-electron chi connectivity index (χ4n) is 3.59. The predicted molar refractivity (Wildman–Crippen MR) is 95.4 cm³/mol. The van der Waals surface area contributed by atoms with E-state index in [1.54, 1.807) is 11.3 Å². The molecule has 1 fully saturated rings. The minimum Gasteiger partial charge on any atom is -0.343 e. The highest BCUT2D eigenvalue weighted by Gasteiger charge is 2.34. The second-order valence-electron chi connectivity index (χ2n) is 6.70. The number of rotatable bonds is 5. The van der Waals surface area contributed by atoms with E-state index >= 15 is 0 Å². The highest BCUT2D eigenvalue weighted by Crippen LogP contribution is 2.29. The molecule has 1 aromatic heterocycles. The molecule has 1 amide bonds. The van der Waals surface area contributed by atoms with Gasteiger partial charge in [-0.05, 0) is 42.6 Å². The summed E-state index contributed by atoms with van der Waals surface area (Å²) >= 11 is 1.68. The number of carbonyl (C=O) groups is 1. The van der Waals surface area contributed by atoms with Gasteiger partial charge >= 0.3 is 6.18 Å². The molecule has 0 spiro atoms. The Morgan fingerprint density at radius 2 is 1.81 bits per heavy atom. The largest absolute Gasteiger partial charge is 0.416 e. The van der Waals surface area contributed by atoms with Crippen LogP contribution < -0.4 is 10.2 Å². The van der Waals surface area contributed by atoms with Crippen molar-refractivity contribution in [1.82, 2.24) is 5.32 Å². The first kappa shape index (κ1) is 18.9. The molecular weight excluding hydrogens is 361 g/mol. The molecule has 2 aromatic rings. The van der Waals surface area contributed by atoms with Gasteiger partial charge in [-0.25, -0.2) is 0 Å². The molecule has 1 saturated heterocycles. The number of alkyl halides is 3. The highest BCUT2D eigenvalue weighted by atomic mass is 32.1. The number of amides is 1. The van der Waals surface area contributed by atoms with Gasteiger partial charge in [0.1, 0.15) is 6.04 Å². The Balaban J connectivity index is 1.72. The number of hydrogen-bond donors (Lipinski definition) is 2. The lowest BCUT2D eigenvalue weighted by molar-refractivity contribution is -0.920. The van der Waals surface area contributed by atoms with E-state index in [4.69, 9.17) is 0 Å². The lowest BCUT2D eigenvalue weighted by atomic mass is 10.1. The molecular formula is C19H22F3N2OS+. The van der Waals surface area contributed by atoms with E-state index in [-0.39, 0.29) is 23.6 Å². The summed E-state index contributed by atoms with van der Waals surface area (Å²) in [4.78, 5) is 15.2. The van der Waals surface area contributed by atoms with E-state index in [0.29, 0.717) is 0 Å². The third-order valence-corrected chi connectivity index (χ3v) is 5.82. The molecule has 3 nitrogen and oxygen atoms in total. The van der Waals surface area contributed by atoms with Crippen LogP contribution in [0.3, 0.4) is 0 Å². The summed E-state index contributed by atoms with van der Waals surface area (Å²) in [5.74, 6) is -0.341. The molecule has 3 rings (SSSR count). The zero-order valence-corrected chi connectivity index (χ0v) is 15.3. The molecule has 7 heteroatoms. The van der Waals surface area contributed by atoms with Crippen LogP contribution in [0.25, 0.3) is 0 Å². The Morgan fingerprint density at radius 1 is 1.15 bits per heavy atom. The zero-order valence-electron chi connectivity index (χ0n) is 14.5. The Kier molecular flexibility index (Phi) is 5.67. The maximum Gasteiger partial charge on any atom is 0.416 e. The van der Waals surface area contributed by atoms with Crippen molar-refractivity contribution in [3.8, 4) is 0 Å². The van der Waals surface area contributed by atoms with E-state index in [1.807, 2.05) is 18.4 Å². The van der Waals surface area contributed by atoms with Gasteiger partial charge in [0.05, 0.1) is 29.6 Å². The molecule has 2 atom stereocenters. The fourth-order valence-corrected chi connectivity index (χ4v) is 4.58. The van der Waals surface area contributed by atoms with Gasteiger partial charge in [0.15, 0.2) is 0 Å². The van der Waals surface area contributed by atoms with Crippen LogP contribution in [0.2, 0.25) is 0 Å². The van der Waals surface area contributed by atoms with E-state index in [0.717, 1.165) is 25.2 Å². The first-order valence-electron chi connectivity index (χ1n) is 8.72. The first-order valence-corrected chi connectivity index (χ1v) is 9.60. The average Bonchev–Trinajstić information content (AvgIpc) is 3.29. The van der Waals surface area contributed by atoms with Gasteiger partial charge in [-0.3, -0.25) is 4.79 Å². The van der Waals surface area contributed by atoms with Crippen molar-refractivity contribution in [2.45, 2.75) is 38.0 Å². The topological polar surface area (TPSA) is 33.5 Å². The monoisotopic (exact) mass is 383 g/mol. The fraction of sp³-hybridized carbons (Fsp3) is 0.421. The Hall–Kier alpha value is -1.86. The van der Waals surface area contributed by atoms with E-state index in [1.165, 1.54) is 34.8 Å². The SMILES string of the molecule is C[C@@H](NC(=O)c1ccc(C(F)(F)F)cc1)[C@H](c1cccs1)[NH+]1CCCC1. The number of quaternary nitrogens is 1. The summed E-state index contributed by atoms with van der Waals surface area (Å²) in [7, 11) is 0. The third kappa shape index (κ3) is 4.27. The van der Waals surface area contributed by atoms with Crippen molar-refractivity contribution in [2.75, 3.05) is 13.1 Å². The van der Waals surface area contributed by atoms with Crippen LogP contribution in [0.4, 0.5) is 13.2 Å². The Bertz CT molecular complexity index is 722. The molecule has 140 valence electrons. The molecule has 0 aliphatic carbocycles. The molecule has 1 aromatic carbocycles. The van der Waals surface area contributed by atoms with Crippen molar-refractivity contribution in [1.29, 1.82) is 0 Å². The Morgan fingerprint density at radius 3 is 2.35 bits per heavy atom. The predicted octanol–water partition coefficient (Wildman–Crippen LogP) is 3.31. The molecule has 26 heavy (non-hydrogen) atoms. The number of carbonyl (C=O) groups excluding carboxylic acids is 1. The summed E-state index contributed by atoms with van der Waals surface area (Å²) in [5, 5.41) is 5.02. The highest BCUT2D eigenvalue weighted by molar-refractivity contribution is 7.10. The third-order valence-electron chi connectivity index (χ3n) is 4.87. The van der Waals surface area contributed by atoms with Gasteiger partial charge in [0.2, 0.25) is 0 Å². The van der Waals surface area contributed by atoms with Crippen LogP contribution in [0.15, 0.2) is 41.8 Å². The van der Waals surface area contributed by atoms with Crippen molar-refractivity contribution >= 4 is 17.2 Å². The lowest BCUT2D eigenvalue weighted by Crippen LogP contribution is -3.11. The van der Waals surface area contributed by atoms with Crippen molar-refractivity contribution in [2.24, 2.45) is 0 Å². The number of thiophene rings is 1. The molecule has 2 heterocycles. The summed E-state index contributed by atoms with van der Waals surface area (Å²) in [5.41, 5.74) is -0.508. The quantitative estimate of drug-likeness (QED) is 0.816. The average molecular weight is 383 g/mol. The molecule has 0 unspecified atom stereocenters. The summed E-state index contributed by atoms with van der Waals surface area (Å²) < 4.78 is 38.0. The van der Waals surface area contributed by atoms with Crippen molar-refractivity contribution in [3.63, 3.8) is 0 Å². The van der Waals surface area contributed by atoms with Gasteiger partial charge in [0.25, 0.3) is 5.91 Å². The van der Waals surface area contributed by atoms with Crippen molar-refractivity contribution in [3.05, 3.63) is 57.8 Å². The summed E-state index contributed by atoms with van der Waals surface area (Å²) in [6.45, 7) is 4.11. The maximum atomic E-state index is 12.7. The minimum atomic E-state index is -4.40. The van der Waals surface area contributed by atoms with Crippen LogP contribution in [-0.2, 0) is 6.18 Å². The second-order valence-corrected chi connectivity index (χ2v) is 7.67. The number of nitrogens with one attached hydrogen (secondary N) is 2. The molecule has 0 radical (unpaired) electrons. The molecule has 0 saturated carbocycles. The van der Waals surface area contributed by atoms with E-state index < -0.39 is 11.7 Å². The number of hydrogen-bond acceptors (Lipinski definition) is 2. The minimum absolute atomic E-state index is 0.114. The summed E-state index contributed by atoms with van der Waals surface area (Å²) in [6.07, 6.45) is -2.04. The molecule has 1 aliphatic rings. The number of halogens is 3. The van der Waals surface area contributed by atoms with Crippen LogP contribution in [0.1, 0.15) is 46.6 Å². The smallest absolute Gasteiger partial charge is 0.343 e. The molecule has 0 bridgehead atoms. The van der Waals surface area contributed by atoms with Gasteiger partial charge < -0.3 is 10.2 Å². The van der Waals surface area contributed by atoms with Crippen LogP contribution in [-0.4, -0.2) is 25.0 Å². The number of benzene rings is 1. The van der Waals surface area contributed by atoms with E-state index in [2.05, 4.69) is 11.4 Å². The second kappa shape index (κ2) is 7.80. The van der Waals surface area contributed by atoms with Crippen LogP contribution in [0.5, 0.6) is 0 Å². The zero-order chi connectivity index (χ0) is 18.7.